The van der Waals surface area contributed by atoms with Crippen molar-refractivity contribution in [3.8, 4) is 0 Å². The van der Waals surface area contributed by atoms with Crippen molar-refractivity contribution in [1.82, 2.24) is 10.3 Å². The van der Waals surface area contributed by atoms with E-state index >= 15 is 0 Å². The number of amides is 2. The van der Waals surface area contributed by atoms with Gasteiger partial charge >= 0.3 is 6.03 Å². The fraction of sp³-hybridized carbons (Fsp3) is 0.111. The zero-order valence-corrected chi connectivity index (χ0v) is 14.6. The number of nitrogens with zero attached hydrogens (tertiary/aromatic N) is 1. The van der Waals surface area contributed by atoms with Crippen LogP contribution in [0.1, 0.15) is 11.7 Å². The summed E-state index contributed by atoms with van der Waals surface area (Å²) in [6, 6.07) is 13.6. The molecule has 1 heterocycles. The standard InChI is InChI=1S/C18H15Cl2N3O2/c19-12-6-7-13(14(20)9-12)16(24)10-22-18(25)23-15-5-1-3-11-4-2-8-21-17(11)15/h1-9,16,24H,10H2,(H2,22,23,25). The summed E-state index contributed by atoms with van der Waals surface area (Å²) in [6.07, 6.45) is 0.721. The maximum Gasteiger partial charge on any atom is 0.319 e. The van der Waals surface area contributed by atoms with Crippen LogP contribution in [0.25, 0.3) is 10.9 Å². The average molecular weight is 376 g/mol. The minimum atomic E-state index is -0.943. The molecule has 128 valence electrons. The Morgan fingerprint density at radius 3 is 2.76 bits per heavy atom. The molecular weight excluding hydrogens is 361 g/mol. The first kappa shape index (κ1) is 17.5. The van der Waals surface area contributed by atoms with E-state index in [0.717, 1.165) is 5.39 Å². The molecule has 1 unspecified atom stereocenters. The summed E-state index contributed by atoms with van der Waals surface area (Å²) >= 11 is 11.9. The molecular formula is C18H15Cl2N3O2. The number of aliphatic hydroxyl groups excluding tert-OH is 1. The van der Waals surface area contributed by atoms with E-state index in [0.29, 0.717) is 26.8 Å². The van der Waals surface area contributed by atoms with Crippen LogP contribution in [0, 0.1) is 0 Å². The van der Waals surface area contributed by atoms with Gasteiger partial charge in [-0.1, -0.05) is 47.5 Å². The first-order chi connectivity index (χ1) is 12.0. The van der Waals surface area contributed by atoms with Crippen LogP contribution in [-0.4, -0.2) is 22.7 Å². The van der Waals surface area contributed by atoms with E-state index in [1.54, 1.807) is 30.5 Å². The van der Waals surface area contributed by atoms with Crippen molar-refractivity contribution in [1.29, 1.82) is 0 Å². The number of benzene rings is 2. The molecule has 3 N–H and O–H groups in total. The largest absolute Gasteiger partial charge is 0.387 e. The van der Waals surface area contributed by atoms with Gasteiger partial charge < -0.3 is 15.7 Å². The Morgan fingerprint density at radius 1 is 1.16 bits per heavy atom. The van der Waals surface area contributed by atoms with E-state index in [1.807, 2.05) is 24.3 Å². The number of para-hydroxylation sites is 1. The Balaban J connectivity index is 1.64. The molecule has 0 aliphatic heterocycles. The molecule has 0 radical (unpaired) electrons. The first-order valence-corrected chi connectivity index (χ1v) is 8.32. The third-order valence-corrected chi connectivity index (χ3v) is 4.22. The van der Waals surface area contributed by atoms with Gasteiger partial charge in [0.05, 0.1) is 17.3 Å². The number of nitrogens with one attached hydrogen (secondary N) is 2. The highest BCUT2D eigenvalue weighted by Crippen LogP contribution is 2.26. The predicted octanol–water partition coefficient (Wildman–Crippen LogP) is 4.40. The molecule has 1 atom stereocenters. The topological polar surface area (TPSA) is 74.2 Å². The highest BCUT2D eigenvalue weighted by molar-refractivity contribution is 6.35. The molecule has 3 aromatic rings. The molecule has 1 aromatic heterocycles. The highest BCUT2D eigenvalue weighted by atomic mass is 35.5. The van der Waals surface area contributed by atoms with Crippen molar-refractivity contribution >= 4 is 45.8 Å². The van der Waals surface area contributed by atoms with Crippen LogP contribution in [0.15, 0.2) is 54.7 Å². The number of hydrogen-bond donors (Lipinski definition) is 3. The zero-order valence-electron chi connectivity index (χ0n) is 13.0. The van der Waals surface area contributed by atoms with Crippen molar-refractivity contribution in [2.45, 2.75) is 6.10 Å². The second kappa shape index (κ2) is 7.70. The van der Waals surface area contributed by atoms with Gasteiger partial charge in [0.25, 0.3) is 0 Å². The highest BCUT2D eigenvalue weighted by Gasteiger charge is 2.14. The number of anilines is 1. The molecule has 2 amide bonds. The van der Waals surface area contributed by atoms with Gasteiger partial charge in [0.15, 0.2) is 0 Å². The van der Waals surface area contributed by atoms with Crippen molar-refractivity contribution in [3.05, 3.63) is 70.3 Å². The van der Waals surface area contributed by atoms with Crippen molar-refractivity contribution < 1.29 is 9.90 Å². The summed E-state index contributed by atoms with van der Waals surface area (Å²) in [6.45, 7) is 0.00534. The van der Waals surface area contributed by atoms with Crippen LogP contribution in [0.5, 0.6) is 0 Å². The Kier molecular flexibility index (Phi) is 5.38. The van der Waals surface area contributed by atoms with E-state index in [1.165, 1.54) is 0 Å². The molecule has 0 spiro atoms. The van der Waals surface area contributed by atoms with E-state index < -0.39 is 12.1 Å². The fourth-order valence-electron chi connectivity index (χ4n) is 2.44. The number of pyridine rings is 1. The number of fused-ring (bicyclic) bond motifs is 1. The average Bonchev–Trinajstić information content (AvgIpc) is 2.60. The minimum absolute atomic E-state index is 0.00534. The van der Waals surface area contributed by atoms with Crippen molar-refractivity contribution in [3.63, 3.8) is 0 Å². The third-order valence-electron chi connectivity index (χ3n) is 3.66. The second-order valence-corrected chi connectivity index (χ2v) is 6.24. The molecule has 25 heavy (non-hydrogen) atoms. The van der Waals surface area contributed by atoms with Gasteiger partial charge in [-0.15, -0.1) is 0 Å². The number of urea groups is 1. The quantitative estimate of drug-likeness (QED) is 0.632. The molecule has 7 heteroatoms. The SMILES string of the molecule is O=C(NCC(O)c1ccc(Cl)cc1Cl)Nc1cccc2cccnc12. The van der Waals surface area contributed by atoms with Gasteiger partial charge in [0.1, 0.15) is 0 Å². The summed E-state index contributed by atoms with van der Waals surface area (Å²) < 4.78 is 0. The van der Waals surface area contributed by atoms with Gasteiger partial charge in [-0.3, -0.25) is 4.98 Å². The fourth-order valence-corrected chi connectivity index (χ4v) is 2.98. The lowest BCUT2D eigenvalue weighted by Gasteiger charge is -2.15. The number of carbonyl (C=O) groups is 1. The van der Waals surface area contributed by atoms with Crippen LogP contribution >= 0.6 is 23.2 Å². The molecule has 0 saturated carbocycles. The lowest BCUT2D eigenvalue weighted by molar-refractivity contribution is 0.175. The monoisotopic (exact) mass is 375 g/mol. The number of rotatable bonds is 4. The Bertz CT molecular complexity index is 912. The van der Waals surface area contributed by atoms with Crippen molar-refractivity contribution in [2.24, 2.45) is 0 Å². The number of carbonyl (C=O) groups excluding carboxylic acids is 1. The minimum Gasteiger partial charge on any atom is -0.387 e. The van der Waals surface area contributed by atoms with Crippen LogP contribution in [-0.2, 0) is 0 Å². The maximum atomic E-state index is 12.1. The number of halogens is 2. The second-order valence-electron chi connectivity index (χ2n) is 5.40. The smallest absolute Gasteiger partial charge is 0.319 e. The summed E-state index contributed by atoms with van der Waals surface area (Å²) in [5.41, 5.74) is 1.79. The van der Waals surface area contributed by atoms with Gasteiger partial charge in [-0.05, 0) is 24.3 Å². The molecule has 2 aromatic carbocycles. The van der Waals surface area contributed by atoms with Crippen molar-refractivity contribution in [2.75, 3.05) is 11.9 Å². The summed E-state index contributed by atoms with van der Waals surface area (Å²) in [4.78, 5) is 16.4. The Hall–Kier alpha value is -2.34. The summed E-state index contributed by atoms with van der Waals surface area (Å²) in [7, 11) is 0. The molecule has 5 nitrogen and oxygen atoms in total. The van der Waals surface area contributed by atoms with Crippen LogP contribution in [0.2, 0.25) is 10.0 Å². The lowest BCUT2D eigenvalue weighted by Crippen LogP contribution is -2.32. The molecule has 0 bridgehead atoms. The van der Waals surface area contributed by atoms with E-state index in [-0.39, 0.29) is 6.54 Å². The number of aliphatic hydroxyl groups is 1. The predicted molar refractivity (Wildman–Crippen MR) is 100 cm³/mol. The van der Waals surface area contributed by atoms with Gasteiger partial charge in [0, 0.05) is 33.7 Å². The summed E-state index contributed by atoms with van der Waals surface area (Å²) in [5.74, 6) is 0. The van der Waals surface area contributed by atoms with Gasteiger partial charge in [0.2, 0.25) is 0 Å². The van der Waals surface area contributed by atoms with E-state index in [4.69, 9.17) is 23.2 Å². The molecule has 0 saturated heterocycles. The Labute approximate surface area is 154 Å². The van der Waals surface area contributed by atoms with Crippen LogP contribution < -0.4 is 10.6 Å². The normalized spacial score (nSPS) is 12.0. The molecule has 3 rings (SSSR count). The first-order valence-electron chi connectivity index (χ1n) is 7.56. The van der Waals surface area contributed by atoms with Crippen LogP contribution in [0.3, 0.4) is 0 Å². The maximum absolute atomic E-state index is 12.1. The summed E-state index contributed by atoms with van der Waals surface area (Å²) in [5, 5.41) is 17.3. The van der Waals surface area contributed by atoms with Gasteiger partial charge in [-0.2, -0.15) is 0 Å². The van der Waals surface area contributed by atoms with E-state index in [2.05, 4.69) is 15.6 Å². The third kappa shape index (κ3) is 4.20. The Morgan fingerprint density at radius 2 is 1.96 bits per heavy atom. The number of hydrogen-bond acceptors (Lipinski definition) is 3. The van der Waals surface area contributed by atoms with E-state index in [9.17, 15) is 9.90 Å². The molecule has 0 fully saturated rings. The van der Waals surface area contributed by atoms with Gasteiger partial charge in [-0.25, -0.2) is 4.79 Å². The zero-order chi connectivity index (χ0) is 17.8. The van der Waals surface area contributed by atoms with Crippen LogP contribution in [0.4, 0.5) is 10.5 Å². The molecule has 0 aliphatic rings. The molecule has 0 aliphatic carbocycles. The number of aromatic nitrogens is 1. The lowest BCUT2D eigenvalue weighted by atomic mass is 10.1.